The van der Waals surface area contributed by atoms with Gasteiger partial charge in [-0.3, -0.25) is 0 Å². The molecule has 0 aromatic carbocycles. The molecule has 72 valence electrons. The highest BCUT2D eigenvalue weighted by atomic mass is 32.1. The van der Waals surface area contributed by atoms with E-state index in [9.17, 15) is 0 Å². The second kappa shape index (κ2) is 2.79. The summed E-state index contributed by atoms with van der Waals surface area (Å²) in [5.74, 6) is 0. The van der Waals surface area contributed by atoms with Crippen LogP contribution in [0.3, 0.4) is 0 Å². The third kappa shape index (κ3) is 1.28. The van der Waals surface area contributed by atoms with Crippen LogP contribution in [-0.4, -0.2) is 14.6 Å². The molecule has 0 aliphatic rings. The van der Waals surface area contributed by atoms with Crippen LogP contribution in [-0.2, 0) is 5.41 Å². The second-order valence-electron chi connectivity index (χ2n) is 3.75. The lowest BCUT2D eigenvalue weighted by atomic mass is 9.97. The summed E-state index contributed by atoms with van der Waals surface area (Å²) >= 11 is 1.47. The van der Waals surface area contributed by atoms with Crippen LogP contribution in [0.15, 0.2) is 6.20 Å². The molecule has 0 saturated carbocycles. The van der Waals surface area contributed by atoms with E-state index < -0.39 is 5.41 Å². The molecular weight excluding hydrogens is 196 g/mol. The second-order valence-corrected chi connectivity index (χ2v) is 4.71. The number of imidazole rings is 1. The first kappa shape index (κ1) is 9.16. The molecular formula is C9H10N4S. The smallest absolute Gasteiger partial charge is 0.212 e. The fraction of sp³-hybridized carbons (Fsp3) is 0.444. The van der Waals surface area contributed by atoms with Gasteiger partial charge in [-0.05, 0) is 20.8 Å². The molecule has 0 N–H and O–H groups in total. The van der Waals surface area contributed by atoms with E-state index in [0.29, 0.717) is 0 Å². The van der Waals surface area contributed by atoms with Crippen molar-refractivity contribution in [2.75, 3.05) is 0 Å². The van der Waals surface area contributed by atoms with Crippen molar-refractivity contribution in [1.29, 1.82) is 5.26 Å². The van der Waals surface area contributed by atoms with E-state index in [1.54, 1.807) is 4.52 Å². The molecule has 5 heteroatoms. The average molecular weight is 206 g/mol. The van der Waals surface area contributed by atoms with Crippen LogP contribution in [0.5, 0.6) is 0 Å². The van der Waals surface area contributed by atoms with Gasteiger partial charge in [0, 0.05) is 0 Å². The maximum atomic E-state index is 8.95. The Balaban J connectivity index is 2.57. The summed E-state index contributed by atoms with van der Waals surface area (Å²) in [6.45, 7) is 5.65. The lowest BCUT2D eigenvalue weighted by Gasteiger charge is -2.08. The maximum absolute atomic E-state index is 8.95. The Morgan fingerprint density at radius 3 is 2.86 bits per heavy atom. The molecule has 0 aliphatic carbocycles. The quantitative estimate of drug-likeness (QED) is 0.716. The Labute approximate surface area is 85.8 Å². The van der Waals surface area contributed by atoms with Gasteiger partial charge in [-0.25, -0.2) is 9.50 Å². The molecule has 2 heterocycles. The lowest BCUT2D eigenvalue weighted by Crippen LogP contribution is -2.13. The van der Waals surface area contributed by atoms with Crippen LogP contribution in [0.1, 0.15) is 24.5 Å². The zero-order valence-corrected chi connectivity index (χ0v) is 9.09. The largest absolute Gasteiger partial charge is 0.223 e. The van der Waals surface area contributed by atoms with Crippen LogP contribution >= 0.6 is 11.3 Å². The summed E-state index contributed by atoms with van der Waals surface area (Å²) in [4.78, 5) is 5.14. The topological polar surface area (TPSA) is 54.0 Å². The molecule has 4 nitrogen and oxygen atoms in total. The van der Waals surface area contributed by atoms with Gasteiger partial charge in [0.05, 0.1) is 18.0 Å². The van der Waals surface area contributed by atoms with E-state index in [-0.39, 0.29) is 0 Å². The van der Waals surface area contributed by atoms with E-state index in [1.807, 2.05) is 27.0 Å². The van der Waals surface area contributed by atoms with Gasteiger partial charge in [-0.2, -0.15) is 10.4 Å². The third-order valence-electron chi connectivity index (χ3n) is 1.98. The Hall–Kier alpha value is -1.41. The van der Waals surface area contributed by atoms with Crippen LogP contribution in [0.25, 0.3) is 4.96 Å². The summed E-state index contributed by atoms with van der Waals surface area (Å²) in [6, 6.07) is 2.23. The van der Waals surface area contributed by atoms with E-state index in [0.717, 1.165) is 15.7 Å². The van der Waals surface area contributed by atoms with Gasteiger partial charge in [-0.1, -0.05) is 11.3 Å². The number of fused-ring (bicyclic) bond motifs is 1. The summed E-state index contributed by atoms with van der Waals surface area (Å²) in [5.41, 5.74) is 0.421. The fourth-order valence-electron chi connectivity index (χ4n) is 1.11. The fourth-order valence-corrected chi connectivity index (χ4v) is 2.09. The molecule has 0 aliphatic heterocycles. The van der Waals surface area contributed by atoms with Crippen molar-refractivity contribution in [3.05, 3.63) is 16.9 Å². The van der Waals surface area contributed by atoms with Crippen molar-refractivity contribution in [3.8, 4) is 6.07 Å². The number of aryl methyl sites for hydroxylation is 1. The lowest BCUT2D eigenvalue weighted by molar-refractivity contribution is 0.661. The summed E-state index contributed by atoms with van der Waals surface area (Å²) in [6.07, 6.45) is 1.86. The van der Waals surface area contributed by atoms with Gasteiger partial charge in [0.25, 0.3) is 0 Å². The predicted molar refractivity (Wildman–Crippen MR) is 54.2 cm³/mol. The van der Waals surface area contributed by atoms with Crippen molar-refractivity contribution in [2.24, 2.45) is 0 Å². The molecule has 0 radical (unpaired) electrons. The van der Waals surface area contributed by atoms with E-state index >= 15 is 0 Å². The van der Waals surface area contributed by atoms with Crippen molar-refractivity contribution >= 4 is 16.3 Å². The highest BCUT2D eigenvalue weighted by Crippen LogP contribution is 2.26. The Bertz CT molecular complexity index is 483. The van der Waals surface area contributed by atoms with E-state index in [1.165, 1.54) is 11.3 Å². The molecule has 2 rings (SSSR count). The Morgan fingerprint density at radius 2 is 2.29 bits per heavy atom. The zero-order chi connectivity index (χ0) is 10.3. The molecule has 0 spiro atoms. The molecule has 0 fully saturated rings. The van der Waals surface area contributed by atoms with E-state index in [2.05, 4.69) is 16.2 Å². The average Bonchev–Trinajstić information content (AvgIpc) is 2.61. The molecule has 0 bridgehead atoms. The third-order valence-corrected chi connectivity index (χ3v) is 3.22. The van der Waals surface area contributed by atoms with Gasteiger partial charge in [0.2, 0.25) is 4.96 Å². The number of hydrogen-bond acceptors (Lipinski definition) is 4. The Kier molecular flexibility index (Phi) is 1.82. The highest BCUT2D eigenvalue weighted by Gasteiger charge is 2.25. The SMILES string of the molecule is Cc1cn2nc(C(C)(C)C#N)sc2n1. The van der Waals surface area contributed by atoms with Crippen molar-refractivity contribution in [2.45, 2.75) is 26.2 Å². The van der Waals surface area contributed by atoms with Crippen LogP contribution in [0.4, 0.5) is 0 Å². The van der Waals surface area contributed by atoms with Crippen LogP contribution < -0.4 is 0 Å². The maximum Gasteiger partial charge on any atom is 0.212 e. The molecule has 0 unspecified atom stereocenters. The van der Waals surface area contributed by atoms with Gasteiger partial charge >= 0.3 is 0 Å². The molecule has 0 atom stereocenters. The van der Waals surface area contributed by atoms with Crippen molar-refractivity contribution in [3.63, 3.8) is 0 Å². The van der Waals surface area contributed by atoms with Gasteiger partial charge < -0.3 is 0 Å². The predicted octanol–water partition coefficient (Wildman–Crippen LogP) is 1.90. The summed E-state index contributed by atoms with van der Waals surface area (Å²) in [5, 5.41) is 14.1. The van der Waals surface area contributed by atoms with Gasteiger partial charge in [-0.15, -0.1) is 0 Å². The van der Waals surface area contributed by atoms with Crippen molar-refractivity contribution < 1.29 is 0 Å². The van der Waals surface area contributed by atoms with Crippen LogP contribution in [0, 0.1) is 18.3 Å². The number of hydrogen-bond donors (Lipinski definition) is 0. The molecule has 2 aromatic rings. The minimum Gasteiger partial charge on any atom is -0.223 e. The minimum absolute atomic E-state index is 0.529. The standard InChI is InChI=1S/C9H10N4S/c1-6-4-13-8(11-6)14-7(12-13)9(2,3)5-10/h4H,1-3H3. The number of nitriles is 1. The normalized spacial score (nSPS) is 11.9. The van der Waals surface area contributed by atoms with Crippen molar-refractivity contribution in [1.82, 2.24) is 14.6 Å². The molecule has 14 heavy (non-hydrogen) atoms. The Morgan fingerprint density at radius 1 is 1.57 bits per heavy atom. The van der Waals surface area contributed by atoms with E-state index in [4.69, 9.17) is 5.26 Å². The summed E-state index contributed by atoms with van der Waals surface area (Å²) < 4.78 is 1.73. The highest BCUT2D eigenvalue weighted by molar-refractivity contribution is 7.16. The molecule has 0 saturated heterocycles. The number of nitrogens with zero attached hydrogens (tertiary/aromatic N) is 4. The molecule has 2 aromatic heterocycles. The number of rotatable bonds is 1. The van der Waals surface area contributed by atoms with Gasteiger partial charge in [0.15, 0.2) is 0 Å². The first-order valence-electron chi connectivity index (χ1n) is 4.27. The minimum atomic E-state index is -0.529. The zero-order valence-electron chi connectivity index (χ0n) is 8.27. The first-order chi connectivity index (χ1) is 6.53. The molecule has 0 amide bonds. The summed E-state index contributed by atoms with van der Waals surface area (Å²) in [7, 11) is 0. The number of aromatic nitrogens is 3. The van der Waals surface area contributed by atoms with Crippen LogP contribution in [0.2, 0.25) is 0 Å². The monoisotopic (exact) mass is 206 g/mol. The first-order valence-corrected chi connectivity index (χ1v) is 5.09. The van der Waals surface area contributed by atoms with Gasteiger partial charge in [0.1, 0.15) is 10.4 Å².